The Morgan fingerprint density at radius 3 is 2.38 bits per heavy atom. The van der Waals surface area contributed by atoms with Gasteiger partial charge in [0, 0.05) is 13.1 Å². The molecule has 0 aliphatic carbocycles. The van der Waals surface area contributed by atoms with E-state index < -0.39 is 11.1 Å². The van der Waals surface area contributed by atoms with Gasteiger partial charge >= 0.3 is 0 Å². The van der Waals surface area contributed by atoms with Crippen molar-refractivity contribution >= 4 is 58.1 Å². The fourth-order valence-corrected chi connectivity index (χ4v) is 4.18. The fraction of sp³-hybridized carbons (Fsp3) is 0.353. The SMILES string of the molecule is O=C(CN1C(=O)S/C(=C\c2cc(Cl)c(O)c(Cl)c2)C1=O)N1CCCCC1. The summed E-state index contributed by atoms with van der Waals surface area (Å²) in [6.07, 6.45) is 4.44. The number of phenols is 1. The molecule has 138 valence electrons. The van der Waals surface area contributed by atoms with Crippen LogP contribution in [0.25, 0.3) is 6.08 Å². The fourth-order valence-electron chi connectivity index (χ4n) is 2.83. The molecule has 6 nitrogen and oxygen atoms in total. The number of halogens is 2. The number of carbonyl (C=O) groups excluding carboxylic acids is 3. The van der Waals surface area contributed by atoms with Crippen LogP contribution in [0.4, 0.5) is 4.79 Å². The van der Waals surface area contributed by atoms with Crippen molar-refractivity contribution in [2.24, 2.45) is 0 Å². The zero-order chi connectivity index (χ0) is 18.8. The molecule has 9 heteroatoms. The average Bonchev–Trinajstić information content (AvgIpc) is 2.87. The van der Waals surface area contributed by atoms with E-state index in [4.69, 9.17) is 23.2 Å². The smallest absolute Gasteiger partial charge is 0.294 e. The van der Waals surface area contributed by atoms with Crippen LogP contribution in [0.2, 0.25) is 10.0 Å². The van der Waals surface area contributed by atoms with Gasteiger partial charge in [0.2, 0.25) is 5.91 Å². The van der Waals surface area contributed by atoms with Crippen LogP contribution in [0.3, 0.4) is 0 Å². The molecule has 0 unspecified atom stereocenters. The number of nitrogens with zero attached hydrogens (tertiary/aromatic N) is 2. The van der Waals surface area contributed by atoms with Crippen LogP contribution in [0.5, 0.6) is 5.75 Å². The monoisotopic (exact) mass is 414 g/mol. The van der Waals surface area contributed by atoms with Gasteiger partial charge in [0.25, 0.3) is 11.1 Å². The first-order valence-electron chi connectivity index (χ1n) is 8.08. The third-order valence-corrected chi connectivity index (χ3v) is 5.70. The van der Waals surface area contributed by atoms with Gasteiger partial charge in [-0.3, -0.25) is 19.3 Å². The molecule has 2 aliphatic heterocycles. The Morgan fingerprint density at radius 2 is 1.77 bits per heavy atom. The van der Waals surface area contributed by atoms with Crippen LogP contribution in [-0.2, 0) is 9.59 Å². The van der Waals surface area contributed by atoms with Crippen LogP contribution in [0.1, 0.15) is 24.8 Å². The molecule has 1 aromatic carbocycles. The minimum Gasteiger partial charge on any atom is -0.505 e. The van der Waals surface area contributed by atoms with Crippen molar-refractivity contribution in [1.29, 1.82) is 0 Å². The predicted octanol–water partition coefficient (Wildman–Crippen LogP) is 3.75. The number of rotatable bonds is 3. The van der Waals surface area contributed by atoms with E-state index in [1.807, 2.05) is 0 Å². The molecule has 0 aromatic heterocycles. The summed E-state index contributed by atoms with van der Waals surface area (Å²) in [6, 6.07) is 2.88. The molecule has 0 spiro atoms. The average molecular weight is 415 g/mol. The maximum absolute atomic E-state index is 12.5. The first-order chi connectivity index (χ1) is 12.4. The van der Waals surface area contributed by atoms with Gasteiger partial charge in [-0.25, -0.2) is 0 Å². The van der Waals surface area contributed by atoms with Gasteiger partial charge in [0.05, 0.1) is 15.0 Å². The molecule has 0 atom stereocenters. The van der Waals surface area contributed by atoms with Gasteiger partial charge in [0.15, 0.2) is 5.75 Å². The van der Waals surface area contributed by atoms with Crippen molar-refractivity contribution < 1.29 is 19.5 Å². The van der Waals surface area contributed by atoms with Crippen molar-refractivity contribution in [1.82, 2.24) is 9.80 Å². The summed E-state index contributed by atoms with van der Waals surface area (Å²) in [5, 5.41) is 9.20. The predicted molar refractivity (Wildman–Crippen MR) is 101 cm³/mol. The van der Waals surface area contributed by atoms with Crippen LogP contribution in [0, 0.1) is 0 Å². The number of imide groups is 1. The largest absolute Gasteiger partial charge is 0.505 e. The molecule has 1 N–H and O–H groups in total. The highest BCUT2D eigenvalue weighted by Crippen LogP contribution is 2.36. The number of piperidine rings is 1. The Hall–Kier alpha value is -1.70. The lowest BCUT2D eigenvalue weighted by Crippen LogP contribution is -2.44. The van der Waals surface area contributed by atoms with Crippen molar-refractivity contribution in [3.8, 4) is 5.75 Å². The molecule has 3 rings (SSSR count). The Kier molecular flexibility index (Phi) is 5.79. The molecular formula is C17H16Cl2N2O4S. The van der Waals surface area contributed by atoms with E-state index in [1.54, 1.807) is 4.90 Å². The minimum absolute atomic E-state index is 0.0447. The molecule has 0 bridgehead atoms. The van der Waals surface area contributed by atoms with Crippen LogP contribution in [-0.4, -0.2) is 51.6 Å². The number of hydrogen-bond donors (Lipinski definition) is 1. The third kappa shape index (κ3) is 4.00. The zero-order valence-corrected chi connectivity index (χ0v) is 16.0. The maximum Gasteiger partial charge on any atom is 0.294 e. The second-order valence-corrected chi connectivity index (χ2v) is 7.85. The molecule has 2 saturated heterocycles. The Morgan fingerprint density at radius 1 is 1.15 bits per heavy atom. The van der Waals surface area contributed by atoms with Gasteiger partial charge in [-0.2, -0.15) is 0 Å². The first kappa shape index (κ1) is 19.1. The first-order valence-corrected chi connectivity index (χ1v) is 9.65. The second kappa shape index (κ2) is 7.90. The van der Waals surface area contributed by atoms with E-state index in [0.29, 0.717) is 18.7 Å². The molecule has 1 aromatic rings. The standard InChI is InChI=1S/C17H16Cl2N2O4S/c18-11-6-10(7-12(19)15(11)23)8-13-16(24)21(17(25)26-13)9-14(22)20-4-2-1-3-5-20/h6-8,23H,1-5,9H2/b13-8-. The van der Waals surface area contributed by atoms with E-state index in [0.717, 1.165) is 35.9 Å². The second-order valence-electron chi connectivity index (χ2n) is 6.04. The van der Waals surface area contributed by atoms with Gasteiger partial charge in [-0.05, 0) is 54.8 Å². The van der Waals surface area contributed by atoms with Crippen LogP contribution >= 0.6 is 35.0 Å². The lowest BCUT2D eigenvalue weighted by atomic mass is 10.1. The topological polar surface area (TPSA) is 77.9 Å². The van der Waals surface area contributed by atoms with Gasteiger partial charge in [-0.15, -0.1) is 0 Å². The van der Waals surface area contributed by atoms with Crippen LogP contribution < -0.4 is 0 Å². The van der Waals surface area contributed by atoms with Crippen molar-refractivity contribution in [3.63, 3.8) is 0 Å². The van der Waals surface area contributed by atoms with Crippen molar-refractivity contribution in [2.45, 2.75) is 19.3 Å². The summed E-state index contributed by atoms with van der Waals surface area (Å²) in [5.74, 6) is -0.986. The molecule has 2 heterocycles. The summed E-state index contributed by atoms with van der Waals surface area (Å²) in [6.45, 7) is 1.07. The number of likely N-dealkylation sites (tertiary alicyclic amines) is 1. The van der Waals surface area contributed by atoms with Crippen molar-refractivity contribution in [2.75, 3.05) is 19.6 Å². The molecule has 2 fully saturated rings. The van der Waals surface area contributed by atoms with E-state index in [-0.39, 0.29) is 33.2 Å². The van der Waals surface area contributed by atoms with E-state index in [1.165, 1.54) is 18.2 Å². The molecule has 2 aliphatic rings. The molecule has 0 radical (unpaired) electrons. The number of carbonyl (C=O) groups is 3. The van der Waals surface area contributed by atoms with Crippen molar-refractivity contribution in [3.05, 3.63) is 32.6 Å². The zero-order valence-electron chi connectivity index (χ0n) is 13.7. The summed E-state index contributed by atoms with van der Waals surface area (Å²) >= 11 is 12.5. The number of phenolic OH excluding ortho intramolecular Hbond substituents is 1. The van der Waals surface area contributed by atoms with E-state index in [2.05, 4.69) is 0 Å². The lowest BCUT2D eigenvalue weighted by Gasteiger charge is -2.27. The highest BCUT2D eigenvalue weighted by molar-refractivity contribution is 8.18. The Balaban J connectivity index is 1.75. The lowest BCUT2D eigenvalue weighted by molar-refractivity contribution is -0.136. The van der Waals surface area contributed by atoms with Crippen LogP contribution in [0.15, 0.2) is 17.0 Å². The summed E-state index contributed by atoms with van der Waals surface area (Å²) in [7, 11) is 0. The number of hydrogen-bond acceptors (Lipinski definition) is 5. The quantitative estimate of drug-likeness (QED) is 0.761. The van der Waals surface area contributed by atoms with E-state index in [9.17, 15) is 19.5 Å². The van der Waals surface area contributed by atoms with E-state index >= 15 is 0 Å². The summed E-state index contributed by atoms with van der Waals surface area (Å²) < 4.78 is 0. The van der Waals surface area contributed by atoms with Gasteiger partial charge < -0.3 is 10.0 Å². The number of thioether (sulfide) groups is 1. The summed E-state index contributed by atoms with van der Waals surface area (Å²) in [5.41, 5.74) is 0.477. The normalized spacial score (nSPS) is 19.5. The Bertz CT molecular complexity index is 783. The molecule has 0 saturated carbocycles. The third-order valence-electron chi connectivity index (χ3n) is 4.21. The highest BCUT2D eigenvalue weighted by Gasteiger charge is 2.37. The molecule has 3 amide bonds. The molecule has 26 heavy (non-hydrogen) atoms. The Labute approximate surface area is 164 Å². The summed E-state index contributed by atoms with van der Waals surface area (Å²) in [4.78, 5) is 39.8. The number of benzene rings is 1. The maximum atomic E-state index is 12.5. The molecular weight excluding hydrogens is 399 g/mol. The minimum atomic E-state index is -0.523. The number of amides is 3. The highest BCUT2D eigenvalue weighted by atomic mass is 35.5. The van der Waals surface area contributed by atoms with Gasteiger partial charge in [-0.1, -0.05) is 23.2 Å². The van der Waals surface area contributed by atoms with Gasteiger partial charge in [0.1, 0.15) is 6.54 Å². The number of aromatic hydroxyl groups is 1.